The fourth-order valence-electron chi connectivity index (χ4n) is 2.98. The van der Waals surface area contributed by atoms with E-state index < -0.39 is 11.0 Å². The van der Waals surface area contributed by atoms with Crippen LogP contribution in [0.5, 0.6) is 0 Å². The fourth-order valence-corrected chi connectivity index (χ4v) is 3.96. The van der Waals surface area contributed by atoms with E-state index in [4.69, 9.17) is 0 Å². The summed E-state index contributed by atoms with van der Waals surface area (Å²) in [5.74, 6) is -0.0515. The van der Waals surface area contributed by atoms with E-state index in [9.17, 15) is 13.8 Å². The maximum absolute atomic E-state index is 12.4. The van der Waals surface area contributed by atoms with Crippen molar-refractivity contribution in [3.8, 4) is 0 Å². The molecular weight excluding hydrogens is 364 g/mol. The average Bonchev–Trinajstić information content (AvgIpc) is 3.02. The van der Waals surface area contributed by atoms with E-state index in [1.165, 1.54) is 0 Å². The molecule has 0 spiro atoms. The highest BCUT2D eigenvalue weighted by Gasteiger charge is 2.30. The number of hydrogen-bond acceptors (Lipinski definition) is 3. The van der Waals surface area contributed by atoms with Gasteiger partial charge in [-0.2, -0.15) is 0 Å². The lowest BCUT2D eigenvalue weighted by atomic mass is 9.87. The van der Waals surface area contributed by atoms with Crippen LogP contribution in [-0.2, 0) is 15.8 Å². The molecule has 0 saturated carbocycles. The Bertz CT molecular complexity index is 586. The molecule has 1 aliphatic heterocycles. The topological polar surface area (TPSA) is 81.8 Å². The number of likely N-dealkylation sites (N-methyl/N-ethyl adjacent to an activating group) is 1. The minimum Gasteiger partial charge on any atom is -0.338 e. The lowest BCUT2D eigenvalue weighted by Gasteiger charge is -2.34. The molecule has 27 heavy (non-hydrogen) atoms. The summed E-state index contributed by atoms with van der Waals surface area (Å²) in [5, 5.41) is 5.61. The summed E-state index contributed by atoms with van der Waals surface area (Å²) in [6.45, 7) is 13.0. The molecule has 156 valence electrons. The van der Waals surface area contributed by atoms with Crippen molar-refractivity contribution >= 4 is 22.9 Å². The van der Waals surface area contributed by atoms with Gasteiger partial charge < -0.3 is 15.5 Å². The largest absolute Gasteiger partial charge is 0.338 e. The molecule has 0 bridgehead atoms. The van der Waals surface area contributed by atoms with Crippen LogP contribution in [0, 0.1) is 5.41 Å². The molecule has 1 fully saturated rings. The van der Waals surface area contributed by atoms with Gasteiger partial charge >= 0.3 is 6.03 Å². The van der Waals surface area contributed by atoms with Crippen molar-refractivity contribution in [2.45, 2.75) is 66.5 Å². The van der Waals surface area contributed by atoms with Crippen molar-refractivity contribution in [1.29, 1.82) is 0 Å². The third kappa shape index (κ3) is 7.25. The lowest BCUT2D eigenvalue weighted by Crippen LogP contribution is -2.54. The molecule has 0 aromatic carbocycles. The van der Waals surface area contributed by atoms with Gasteiger partial charge in [0.05, 0.1) is 6.54 Å². The van der Waals surface area contributed by atoms with Crippen molar-refractivity contribution in [2.75, 3.05) is 26.7 Å². The van der Waals surface area contributed by atoms with E-state index in [0.29, 0.717) is 6.54 Å². The third-order valence-electron chi connectivity index (χ3n) is 5.03. The number of allylic oxidation sites excluding steroid dienone is 2. The lowest BCUT2D eigenvalue weighted by molar-refractivity contribution is -0.130. The summed E-state index contributed by atoms with van der Waals surface area (Å²) in [6.07, 6.45) is 3.85. The number of rotatable bonds is 7. The predicted octanol–water partition coefficient (Wildman–Crippen LogP) is 2.23. The first-order chi connectivity index (χ1) is 12.5. The van der Waals surface area contributed by atoms with E-state index in [0.717, 1.165) is 24.3 Å². The molecule has 2 unspecified atom stereocenters. The van der Waals surface area contributed by atoms with Gasteiger partial charge in [0.2, 0.25) is 5.91 Å². The van der Waals surface area contributed by atoms with Crippen LogP contribution in [0.15, 0.2) is 11.0 Å². The SMILES string of the molecule is C/C=C(\C)S(=O)N(C)CC(NC(=O)NCC(=O)N1CCC[C@H]1C)C(C)(C)C. The van der Waals surface area contributed by atoms with Gasteiger partial charge in [0.25, 0.3) is 0 Å². The van der Waals surface area contributed by atoms with E-state index >= 15 is 0 Å². The normalized spacial score (nSPS) is 20.5. The quantitative estimate of drug-likeness (QED) is 0.688. The molecule has 0 aliphatic carbocycles. The highest BCUT2D eigenvalue weighted by atomic mass is 32.2. The summed E-state index contributed by atoms with van der Waals surface area (Å²) in [6, 6.07) is -0.364. The minimum atomic E-state index is -1.23. The Kier molecular flexibility index (Phi) is 8.94. The average molecular weight is 401 g/mol. The van der Waals surface area contributed by atoms with Crippen LogP contribution >= 0.6 is 0 Å². The maximum Gasteiger partial charge on any atom is 0.315 e. The van der Waals surface area contributed by atoms with Crippen molar-refractivity contribution in [3.63, 3.8) is 0 Å². The van der Waals surface area contributed by atoms with Crippen LogP contribution in [-0.4, -0.2) is 64.1 Å². The van der Waals surface area contributed by atoms with Gasteiger partial charge in [0.1, 0.15) is 11.0 Å². The molecule has 0 aromatic rings. The Morgan fingerprint density at radius 2 is 2.00 bits per heavy atom. The van der Waals surface area contributed by atoms with E-state index in [2.05, 4.69) is 10.6 Å². The molecule has 3 atom stereocenters. The monoisotopic (exact) mass is 400 g/mol. The molecule has 0 radical (unpaired) electrons. The number of amides is 3. The van der Waals surface area contributed by atoms with Gasteiger partial charge in [-0.3, -0.25) is 4.79 Å². The van der Waals surface area contributed by atoms with Crippen LogP contribution in [0.3, 0.4) is 0 Å². The first-order valence-electron chi connectivity index (χ1n) is 9.57. The number of carbonyl (C=O) groups is 2. The number of nitrogens with zero attached hydrogens (tertiary/aromatic N) is 2. The van der Waals surface area contributed by atoms with Crippen LogP contribution < -0.4 is 10.6 Å². The second-order valence-electron chi connectivity index (χ2n) is 8.28. The van der Waals surface area contributed by atoms with Crippen LogP contribution in [0.2, 0.25) is 0 Å². The van der Waals surface area contributed by atoms with Crippen molar-refractivity contribution in [1.82, 2.24) is 19.8 Å². The van der Waals surface area contributed by atoms with Crippen LogP contribution in [0.25, 0.3) is 0 Å². The molecule has 0 aromatic heterocycles. The molecule has 3 amide bonds. The zero-order chi connectivity index (χ0) is 20.8. The summed E-state index contributed by atoms with van der Waals surface area (Å²) in [7, 11) is 0.543. The number of nitrogens with one attached hydrogen (secondary N) is 2. The maximum atomic E-state index is 12.4. The second-order valence-corrected chi connectivity index (χ2v) is 10.0. The molecule has 8 heteroatoms. The Morgan fingerprint density at radius 3 is 2.48 bits per heavy atom. The Balaban J connectivity index is 2.62. The van der Waals surface area contributed by atoms with Crippen LogP contribution in [0.4, 0.5) is 4.79 Å². The summed E-state index contributed by atoms with van der Waals surface area (Å²) in [5.41, 5.74) is -0.229. The summed E-state index contributed by atoms with van der Waals surface area (Å²) < 4.78 is 14.1. The van der Waals surface area contributed by atoms with Gasteiger partial charge in [0, 0.05) is 37.1 Å². The standard InChI is InChI=1S/C19H36N4O3S/c1-8-15(3)27(26)22(7)13-16(19(4,5)6)21-18(25)20-12-17(24)23-11-9-10-14(23)2/h8,14,16H,9-13H2,1-7H3,(H2,20,21,25)/b15-8+/t14-,16?,27?/m1/s1. The minimum absolute atomic E-state index is 0.00745. The first kappa shape index (κ1) is 23.6. The molecule has 1 saturated heterocycles. The zero-order valence-corrected chi connectivity index (χ0v) is 18.6. The number of carbonyl (C=O) groups excluding carboxylic acids is 2. The smallest absolute Gasteiger partial charge is 0.315 e. The third-order valence-corrected chi connectivity index (χ3v) is 6.53. The molecule has 2 N–H and O–H groups in total. The highest BCUT2D eigenvalue weighted by molar-refractivity contribution is 7.86. The Hall–Kier alpha value is -1.41. The number of urea groups is 1. The predicted molar refractivity (Wildman–Crippen MR) is 110 cm³/mol. The van der Waals surface area contributed by atoms with Gasteiger partial charge in [-0.05, 0) is 39.0 Å². The first-order valence-corrected chi connectivity index (χ1v) is 10.7. The number of likely N-dealkylation sites (tertiary alicyclic amines) is 1. The van der Waals surface area contributed by atoms with Crippen molar-refractivity contribution < 1.29 is 13.8 Å². The van der Waals surface area contributed by atoms with Crippen molar-refractivity contribution in [3.05, 3.63) is 11.0 Å². The second kappa shape index (κ2) is 10.2. The fraction of sp³-hybridized carbons (Fsp3) is 0.789. The summed E-state index contributed by atoms with van der Waals surface area (Å²) in [4.78, 5) is 27.2. The van der Waals surface area contributed by atoms with Crippen LogP contribution in [0.1, 0.15) is 54.4 Å². The molecule has 7 nitrogen and oxygen atoms in total. The summed E-state index contributed by atoms with van der Waals surface area (Å²) >= 11 is 0. The van der Waals surface area contributed by atoms with Crippen molar-refractivity contribution in [2.24, 2.45) is 5.41 Å². The molecule has 1 heterocycles. The molecular formula is C19H36N4O3S. The highest BCUT2D eigenvalue weighted by Crippen LogP contribution is 2.21. The molecule has 1 rings (SSSR count). The Labute approximate surface area is 166 Å². The van der Waals surface area contributed by atoms with Gasteiger partial charge in [-0.15, -0.1) is 0 Å². The van der Waals surface area contributed by atoms with Gasteiger partial charge in [-0.1, -0.05) is 26.8 Å². The zero-order valence-electron chi connectivity index (χ0n) is 17.8. The number of hydrogen-bond donors (Lipinski definition) is 2. The van der Waals surface area contributed by atoms with Gasteiger partial charge in [0.15, 0.2) is 0 Å². The van der Waals surface area contributed by atoms with E-state index in [-0.39, 0.29) is 36.0 Å². The van der Waals surface area contributed by atoms with Gasteiger partial charge in [-0.25, -0.2) is 13.3 Å². The van der Waals surface area contributed by atoms with E-state index in [1.807, 2.05) is 52.5 Å². The van der Waals surface area contributed by atoms with E-state index in [1.54, 1.807) is 11.4 Å². The Morgan fingerprint density at radius 1 is 1.37 bits per heavy atom. The molecule has 1 aliphatic rings.